The molecule has 0 bridgehead atoms. The zero-order valence-corrected chi connectivity index (χ0v) is 9.94. The summed E-state index contributed by atoms with van der Waals surface area (Å²) in [6.07, 6.45) is 0. The van der Waals surface area contributed by atoms with Gasteiger partial charge in [0.2, 0.25) is 0 Å². The normalized spacial score (nSPS) is 10.2. The van der Waals surface area contributed by atoms with Crippen LogP contribution < -0.4 is 0 Å². The predicted octanol–water partition coefficient (Wildman–Crippen LogP) is 4.22. The zero-order chi connectivity index (χ0) is 12.4. The van der Waals surface area contributed by atoms with Gasteiger partial charge < -0.3 is 0 Å². The van der Waals surface area contributed by atoms with Crippen molar-refractivity contribution in [3.63, 3.8) is 0 Å². The van der Waals surface area contributed by atoms with Crippen molar-refractivity contribution >= 4 is 17.3 Å². The Morgan fingerprint density at radius 3 is 2.29 bits per heavy atom. The molecule has 0 atom stereocenters. The molecule has 2 rings (SSSR count). The summed E-state index contributed by atoms with van der Waals surface area (Å²) in [6.45, 7) is 1.96. The van der Waals surface area contributed by atoms with E-state index in [2.05, 4.69) is 0 Å². The van der Waals surface area contributed by atoms with Gasteiger partial charge in [-0.05, 0) is 36.2 Å². The summed E-state index contributed by atoms with van der Waals surface area (Å²) in [7, 11) is 0. The van der Waals surface area contributed by atoms with Crippen LogP contribution in [0.3, 0.4) is 0 Å². The average Bonchev–Trinajstić information content (AvgIpc) is 2.29. The van der Waals surface area contributed by atoms with Crippen LogP contribution in [-0.4, -0.2) is 4.92 Å². The van der Waals surface area contributed by atoms with Gasteiger partial charge in [-0.3, -0.25) is 10.1 Å². The van der Waals surface area contributed by atoms with Crippen LogP contribution >= 0.6 is 11.6 Å². The van der Waals surface area contributed by atoms with Crippen molar-refractivity contribution in [3.05, 3.63) is 63.2 Å². The Bertz CT molecular complexity index is 564. The highest BCUT2D eigenvalue weighted by Gasteiger charge is 2.07. The molecule has 0 heterocycles. The van der Waals surface area contributed by atoms with Crippen LogP contribution in [0.2, 0.25) is 5.02 Å². The lowest BCUT2D eigenvalue weighted by Gasteiger charge is -2.05. The van der Waals surface area contributed by atoms with E-state index in [0.717, 1.165) is 16.7 Å². The highest BCUT2D eigenvalue weighted by atomic mass is 35.5. The lowest BCUT2D eigenvalue weighted by molar-refractivity contribution is -0.384. The molecular formula is C13H10ClNO2. The Balaban J connectivity index is 2.43. The minimum absolute atomic E-state index is 0.0805. The molecule has 0 unspecified atom stereocenters. The standard InChI is InChI=1S/C13H10ClNO2/c1-9-2-7-12(13(14)8-9)10-3-5-11(6-4-10)15(16)17/h2-8H,1H3. The minimum Gasteiger partial charge on any atom is -0.258 e. The van der Waals surface area contributed by atoms with Gasteiger partial charge in [0.25, 0.3) is 5.69 Å². The molecule has 0 aliphatic rings. The van der Waals surface area contributed by atoms with E-state index >= 15 is 0 Å². The van der Waals surface area contributed by atoms with Crippen LogP contribution in [0.5, 0.6) is 0 Å². The van der Waals surface area contributed by atoms with Gasteiger partial charge in [-0.2, -0.15) is 0 Å². The van der Waals surface area contributed by atoms with Crippen LogP contribution in [0.4, 0.5) is 5.69 Å². The molecule has 0 amide bonds. The van der Waals surface area contributed by atoms with Gasteiger partial charge in [0.05, 0.1) is 4.92 Å². The summed E-state index contributed by atoms with van der Waals surface area (Å²) in [5.74, 6) is 0. The van der Waals surface area contributed by atoms with Crippen molar-refractivity contribution in [3.8, 4) is 11.1 Å². The maximum absolute atomic E-state index is 10.5. The summed E-state index contributed by atoms with van der Waals surface area (Å²) in [5, 5.41) is 11.2. The second-order valence-corrected chi connectivity index (χ2v) is 4.19. The number of hydrogen-bond acceptors (Lipinski definition) is 2. The van der Waals surface area contributed by atoms with Crippen molar-refractivity contribution in [2.75, 3.05) is 0 Å². The SMILES string of the molecule is Cc1ccc(-c2ccc([N+](=O)[O-])cc2)c(Cl)c1. The topological polar surface area (TPSA) is 43.1 Å². The molecule has 4 heteroatoms. The van der Waals surface area contributed by atoms with E-state index in [1.54, 1.807) is 12.1 Å². The van der Waals surface area contributed by atoms with Crippen molar-refractivity contribution in [2.24, 2.45) is 0 Å². The first-order chi connectivity index (χ1) is 8.08. The summed E-state index contributed by atoms with van der Waals surface area (Å²) in [5.41, 5.74) is 2.92. The second kappa shape index (κ2) is 4.55. The van der Waals surface area contributed by atoms with Gasteiger partial charge in [0.1, 0.15) is 0 Å². The number of nitro benzene ring substituents is 1. The van der Waals surface area contributed by atoms with E-state index in [9.17, 15) is 10.1 Å². The van der Waals surface area contributed by atoms with Crippen LogP contribution in [0, 0.1) is 17.0 Å². The molecule has 86 valence electrons. The molecule has 0 spiro atoms. The number of nitro groups is 1. The molecule has 0 fully saturated rings. The first-order valence-electron chi connectivity index (χ1n) is 5.09. The summed E-state index contributed by atoms with van der Waals surface area (Å²) in [6, 6.07) is 12.1. The largest absolute Gasteiger partial charge is 0.269 e. The molecule has 3 nitrogen and oxygen atoms in total. The van der Waals surface area contributed by atoms with Gasteiger partial charge in [0.15, 0.2) is 0 Å². The van der Waals surface area contributed by atoms with Crippen LogP contribution in [0.1, 0.15) is 5.56 Å². The minimum atomic E-state index is -0.416. The third-order valence-electron chi connectivity index (χ3n) is 2.51. The number of benzene rings is 2. The van der Waals surface area contributed by atoms with Gasteiger partial charge >= 0.3 is 0 Å². The quantitative estimate of drug-likeness (QED) is 0.589. The van der Waals surface area contributed by atoms with E-state index in [-0.39, 0.29) is 5.69 Å². The third-order valence-corrected chi connectivity index (χ3v) is 2.83. The number of aryl methyl sites for hydroxylation is 1. The molecular weight excluding hydrogens is 238 g/mol. The first kappa shape index (κ1) is 11.6. The Hall–Kier alpha value is -1.87. The van der Waals surface area contributed by atoms with Crippen LogP contribution in [-0.2, 0) is 0 Å². The predicted molar refractivity (Wildman–Crippen MR) is 68.3 cm³/mol. The lowest BCUT2D eigenvalue weighted by Crippen LogP contribution is -1.87. The van der Waals surface area contributed by atoms with E-state index in [0.29, 0.717) is 5.02 Å². The van der Waals surface area contributed by atoms with Crippen LogP contribution in [0.15, 0.2) is 42.5 Å². The van der Waals surface area contributed by atoms with E-state index in [4.69, 9.17) is 11.6 Å². The monoisotopic (exact) mass is 247 g/mol. The zero-order valence-electron chi connectivity index (χ0n) is 9.18. The number of rotatable bonds is 2. The van der Waals surface area contributed by atoms with Crippen molar-refractivity contribution in [1.82, 2.24) is 0 Å². The number of hydrogen-bond donors (Lipinski definition) is 0. The molecule has 2 aromatic carbocycles. The number of halogens is 1. The van der Waals surface area contributed by atoms with Gasteiger partial charge in [-0.15, -0.1) is 0 Å². The van der Waals surface area contributed by atoms with E-state index in [1.807, 2.05) is 25.1 Å². The fourth-order valence-electron chi connectivity index (χ4n) is 1.62. The van der Waals surface area contributed by atoms with Gasteiger partial charge in [-0.1, -0.05) is 23.7 Å². The second-order valence-electron chi connectivity index (χ2n) is 3.79. The van der Waals surface area contributed by atoms with Crippen molar-refractivity contribution in [2.45, 2.75) is 6.92 Å². The highest BCUT2D eigenvalue weighted by molar-refractivity contribution is 6.33. The Kier molecular flexibility index (Phi) is 3.11. The Labute approximate surface area is 104 Å². The van der Waals surface area contributed by atoms with Crippen molar-refractivity contribution in [1.29, 1.82) is 0 Å². The summed E-state index contributed by atoms with van der Waals surface area (Å²) < 4.78 is 0. The molecule has 0 radical (unpaired) electrons. The smallest absolute Gasteiger partial charge is 0.258 e. The van der Waals surface area contributed by atoms with E-state index < -0.39 is 4.92 Å². The molecule has 0 aromatic heterocycles. The molecule has 0 saturated carbocycles. The summed E-state index contributed by atoms with van der Waals surface area (Å²) >= 11 is 6.13. The fourth-order valence-corrected chi connectivity index (χ4v) is 1.96. The molecule has 0 aliphatic carbocycles. The Morgan fingerprint density at radius 1 is 1.12 bits per heavy atom. The molecule has 0 saturated heterocycles. The number of nitrogens with zero attached hydrogens (tertiary/aromatic N) is 1. The van der Waals surface area contributed by atoms with Gasteiger partial charge in [0, 0.05) is 22.7 Å². The van der Waals surface area contributed by atoms with Crippen molar-refractivity contribution < 1.29 is 4.92 Å². The molecule has 2 aromatic rings. The summed E-state index contributed by atoms with van der Waals surface area (Å²) in [4.78, 5) is 10.1. The fraction of sp³-hybridized carbons (Fsp3) is 0.0769. The lowest BCUT2D eigenvalue weighted by atomic mass is 10.0. The van der Waals surface area contributed by atoms with E-state index in [1.165, 1.54) is 12.1 Å². The molecule has 0 N–H and O–H groups in total. The van der Waals surface area contributed by atoms with Crippen LogP contribution in [0.25, 0.3) is 11.1 Å². The molecule has 0 aliphatic heterocycles. The highest BCUT2D eigenvalue weighted by Crippen LogP contribution is 2.29. The maximum Gasteiger partial charge on any atom is 0.269 e. The third kappa shape index (κ3) is 2.45. The van der Waals surface area contributed by atoms with Gasteiger partial charge in [-0.25, -0.2) is 0 Å². The molecule has 17 heavy (non-hydrogen) atoms. The first-order valence-corrected chi connectivity index (χ1v) is 5.47. The maximum atomic E-state index is 10.5. The average molecular weight is 248 g/mol. The number of non-ortho nitro benzene ring substituents is 1. The Morgan fingerprint density at radius 2 is 1.76 bits per heavy atom.